The number of aromatic nitrogens is 3. The summed E-state index contributed by atoms with van der Waals surface area (Å²) in [4.78, 5) is 36.1. The van der Waals surface area contributed by atoms with Gasteiger partial charge in [0.15, 0.2) is 11.0 Å². The molecule has 3 N–H and O–H groups in total. The molecule has 0 aliphatic rings. The van der Waals surface area contributed by atoms with E-state index < -0.39 is 12.0 Å². The molecule has 176 valence electrons. The average molecular weight is 480 g/mol. The number of rotatable bonds is 10. The van der Waals surface area contributed by atoms with Gasteiger partial charge in [0.25, 0.3) is 5.91 Å². The van der Waals surface area contributed by atoms with Gasteiger partial charge in [0, 0.05) is 17.8 Å². The largest absolute Gasteiger partial charge is 0.478 e. The SMILES string of the molecule is C=CCn1c(SCC(=O)Nc2cccc(C(=O)O)c2)nnc1[C@@H](C)NC(=O)c1cccc(C)c1. The molecule has 1 aromatic heterocycles. The van der Waals surface area contributed by atoms with Crippen LogP contribution >= 0.6 is 11.8 Å². The van der Waals surface area contributed by atoms with Gasteiger partial charge in [0.2, 0.25) is 5.91 Å². The second-order valence-corrected chi connectivity index (χ2v) is 8.47. The maximum absolute atomic E-state index is 12.6. The molecule has 1 heterocycles. The lowest BCUT2D eigenvalue weighted by Crippen LogP contribution is -2.29. The summed E-state index contributed by atoms with van der Waals surface area (Å²) in [7, 11) is 0. The first-order valence-electron chi connectivity index (χ1n) is 10.5. The van der Waals surface area contributed by atoms with E-state index >= 15 is 0 Å². The molecule has 9 nitrogen and oxygen atoms in total. The summed E-state index contributed by atoms with van der Waals surface area (Å²) in [6, 6.07) is 12.9. The first-order valence-corrected chi connectivity index (χ1v) is 11.4. The highest BCUT2D eigenvalue weighted by atomic mass is 32.2. The number of amides is 2. The van der Waals surface area contributed by atoms with E-state index in [1.54, 1.807) is 28.8 Å². The molecule has 3 aromatic rings. The van der Waals surface area contributed by atoms with Gasteiger partial charge in [-0.05, 0) is 44.2 Å². The van der Waals surface area contributed by atoms with Crippen LogP contribution in [0.15, 0.2) is 66.3 Å². The third-order valence-corrected chi connectivity index (χ3v) is 5.76. The van der Waals surface area contributed by atoms with Crippen molar-refractivity contribution in [2.75, 3.05) is 11.1 Å². The Kier molecular flexibility index (Phi) is 8.20. The molecule has 10 heteroatoms. The average Bonchev–Trinajstić information content (AvgIpc) is 3.20. The lowest BCUT2D eigenvalue weighted by atomic mass is 10.1. The number of allylic oxidation sites excluding steroid dienone is 1. The van der Waals surface area contributed by atoms with Crippen LogP contribution in [0.2, 0.25) is 0 Å². The van der Waals surface area contributed by atoms with E-state index in [4.69, 9.17) is 5.11 Å². The highest BCUT2D eigenvalue weighted by molar-refractivity contribution is 7.99. The summed E-state index contributed by atoms with van der Waals surface area (Å²) < 4.78 is 1.79. The van der Waals surface area contributed by atoms with Crippen LogP contribution < -0.4 is 10.6 Å². The van der Waals surface area contributed by atoms with E-state index in [1.165, 1.54) is 23.9 Å². The van der Waals surface area contributed by atoms with Crippen LogP contribution in [0.4, 0.5) is 5.69 Å². The molecule has 0 spiro atoms. The minimum atomic E-state index is -1.07. The number of carbonyl (C=O) groups excluding carboxylic acids is 2. The fourth-order valence-corrected chi connectivity index (χ4v) is 3.97. The number of hydrogen-bond acceptors (Lipinski definition) is 6. The zero-order chi connectivity index (χ0) is 24.7. The number of anilines is 1. The van der Waals surface area contributed by atoms with Crippen LogP contribution in [0.25, 0.3) is 0 Å². The Labute approximate surface area is 201 Å². The predicted octanol–water partition coefficient (Wildman–Crippen LogP) is 3.69. The van der Waals surface area contributed by atoms with Crippen LogP contribution in [0.1, 0.15) is 45.1 Å². The summed E-state index contributed by atoms with van der Waals surface area (Å²) in [5.74, 6) is -1.03. The molecule has 0 fully saturated rings. The maximum Gasteiger partial charge on any atom is 0.335 e. The Hall–Kier alpha value is -3.92. The second kappa shape index (κ2) is 11.3. The first-order chi connectivity index (χ1) is 16.3. The third-order valence-electron chi connectivity index (χ3n) is 4.80. The molecule has 0 bridgehead atoms. The number of nitrogens with zero attached hydrogens (tertiary/aromatic N) is 3. The molecule has 2 amide bonds. The highest BCUT2D eigenvalue weighted by Crippen LogP contribution is 2.22. The van der Waals surface area contributed by atoms with Gasteiger partial charge in [0.1, 0.15) is 0 Å². The minimum absolute atomic E-state index is 0.0383. The van der Waals surface area contributed by atoms with Crippen LogP contribution in [-0.4, -0.2) is 43.4 Å². The van der Waals surface area contributed by atoms with Crippen LogP contribution in [0, 0.1) is 6.92 Å². The predicted molar refractivity (Wildman–Crippen MR) is 130 cm³/mol. The fourth-order valence-electron chi connectivity index (χ4n) is 3.22. The number of carboxylic acids is 1. The zero-order valence-corrected chi connectivity index (χ0v) is 19.6. The van der Waals surface area contributed by atoms with Gasteiger partial charge in [-0.15, -0.1) is 16.8 Å². The van der Waals surface area contributed by atoms with Crippen molar-refractivity contribution in [1.82, 2.24) is 20.1 Å². The van der Waals surface area contributed by atoms with Crippen molar-refractivity contribution in [2.45, 2.75) is 31.6 Å². The number of aryl methyl sites for hydroxylation is 1. The van der Waals surface area contributed by atoms with Gasteiger partial charge >= 0.3 is 5.97 Å². The number of aromatic carboxylic acids is 1. The second-order valence-electron chi connectivity index (χ2n) is 7.53. The van der Waals surface area contributed by atoms with Crippen molar-refractivity contribution in [2.24, 2.45) is 0 Å². The van der Waals surface area contributed by atoms with Crippen LogP contribution in [0.5, 0.6) is 0 Å². The van der Waals surface area contributed by atoms with E-state index in [0.29, 0.717) is 28.8 Å². The van der Waals surface area contributed by atoms with Crippen molar-refractivity contribution in [1.29, 1.82) is 0 Å². The molecule has 0 aliphatic heterocycles. The molecule has 0 radical (unpaired) electrons. The van der Waals surface area contributed by atoms with Gasteiger partial charge in [-0.25, -0.2) is 4.79 Å². The number of carbonyl (C=O) groups is 3. The standard InChI is InChI=1S/C24H25N5O4S/c1-4-11-29-21(16(3)25-22(31)17-8-5-7-15(2)12-17)27-28-24(29)34-14-20(30)26-19-10-6-9-18(13-19)23(32)33/h4-10,12-13,16H,1,11,14H2,2-3H3,(H,25,31)(H,26,30)(H,32,33)/t16-/m1/s1. The first kappa shape index (κ1) is 24.7. The summed E-state index contributed by atoms with van der Waals surface area (Å²) in [5, 5.41) is 23.6. The minimum Gasteiger partial charge on any atom is -0.478 e. The van der Waals surface area contributed by atoms with Gasteiger partial charge in [-0.1, -0.05) is 41.6 Å². The number of hydrogen-bond donors (Lipinski definition) is 3. The fraction of sp³-hybridized carbons (Fsp3) is 0.208. The van der Waals surface area contributed by atoms with Crippen molar-refractivity contribution < 1.29 is 19.5 Å². The van der Waals surface area contributed by atoms with Crippen molar-refractivity contribution >= 4 is 35.2 Å². The lowest BCUT2D eigenvalue weighted by molar-refractivity contribution is -0.113. The van der Waals surface area contributed by atoms with Gasteiger partial charge < -0.3 is 20.3 Å². The van der Waals surface area contributed by atoms with E-state index in [-0.39, 0.29) is 23.1 Å². The molecule has 0 unspecified atom stereocenters. The summed E-state index contributed by atoms with van der Waals surface area (Å²) in [6.45, 7) is 7.90. The molecule has 0 aliphatic carbocycles. The molecular weight excluding hydrogens is 454 g/mol. The number of nitrogens with one attached hydrogen (secondary N) is 2. The number of thioether (sulfide) groups is 1. The Morgan fingerprint density at radius 1 is 1.15 bits per heavy atom. The summed E-state index contributed by atoms with van der Waals surface area (Å²) >= 11 is 1.18. The molecule has 0 saturated heterocycles. The summed E-state index contributed by atoms with van der Waals surface area (Å²) in [5.41, 5.74) is 2.02. The molecule has 0 saturated carbocycles. The normalized spacial score (nSPS) is 11.5. The Morgan fingerprint density at radius 3 is 2.59 bits per heavy atom. The van der Waals surface area contributed by atoms with Gasteiger partial charge in [-0.2, -0.15) is 0 Å². The molecule has 3 rings (SSSR count). The van der Waals surface area contributed by atoms with E-state index in [0.717, 1.165) is 5.56 Å². The van der Waals surface area contributed by atoms with Crippen LogP contribution in [0.3, 0.4) is 0 Å². The maximum atomic E-state index is 12.6. The van der Waals surface area contributed by atoms with Gasteiger partial charge in [0.05, 0.1) is 17.4 Å². The Bertz CT molecular complexity index is 1220. The number of benzene rings is 2. The molecule has 1 atom stereocenters. The Morgan fingerprint density at radius 2 is 1.88 bits per heavy atom. The van der Waals surface area contributed by atoms with Gasteiger partial charge in [-0.3, -0.25) is 9.59 Å². The smallest absolute Gasteiger partial charge is 0.335 e. The topological polar surface area (TPSA) is 126 Å². The van der Waals surface area contributed by atoms with Crippen molar-refractivity contribution in [3.63, 3.8) is 0 Å². The monoisotopic (exact) mass is 479 g/mol. The van der Waals surface area contributed by atoms with Crippen molar-refractivity contribution in [3.05, 3.63) is 83.7 Å². The third kappa shape index (κ3) is 6.32. The van der Waals surface area contributed by atoms with E-state index in [2.05, 4.69) is 27.4 Å². The van der Waals surface area contributed by atoms with Crippen LogP contribution in [-0.2, 0) is 11.3 Å². The molecule has 34 heavy (non-hydrogen) atoms. The quantitative estimate of drug-likeness (QED) is 0.299. The Balaban J connectivity index is 1.66. The van der Waals surface area contributed by atoms with Crippen molar-refractivity contribution in [3.8, 4) is 0 Å². The van der Waals surface area contributed by atoms with E-state index in [1.807, 2.05) is 32.0 Å². The molecular formula is C24H25N5O4S. The number of carboxylic acid groups (broad SMARTS) is 1. The molecule has 2 aromatic carbocycles. The zero-order valence-electron chi connectivity index (χ0n) is 18.8. The van der Waals surface area contributed by atoms with E-state index in [9.17, 15) is 14.4 Å². The lowest BCUT2D eigenvalue weighted by Gasteiger charge is -2.15. The summed E-state index contributed by atoms with van der Waals surface area (Å²) in [6.07, 6.45) is 1.68. The highest BCUT2D eigenvalue weighted by Gasteiger charge is 2.20.